The predicted octanol–water partition coefficient (Wildman–Crippen LogP) is 2.47. The topological polar surface area (TPSA) is 69.6 Å². The van der Waals surface area contributed by atoms with Crippen LogP contribution in [0, 0.1) is 0 Å². The second-order valence-electron chi connectivity index (χ2n) is 4.38. The molecule has 3 rings (SSSR count). The Morgan fingerprint density at radius 2 is 2.11 bits per heavy atom. The van der Waals surface area contributed by atoms with Crippen molar-refractivity contribution in [1.29, 1.82) is 0 Å². The number of aryl methyl sites for hydroxylation is 1. The van der Waals surface area contributed by atoms with E-state index in [0.29, 0.717) is 11.6 Å². The van der Waals surface area contributed by atoms with E-state index in [1.807, 2.05) is 18.2 Å². The molecule has 2 heterocycles. The largest absolute Gasteiger partial charge is 0.374 e. The van der Waals surface area contributed by atoms with E-state index < -0.39 is 0 Å². The van der Waals surface area contributed by atoms with E-state index in [2.05, 4.69) is 27.8 Å². The monoisotopic (exact) mass is 273 g/mol. The first-order valence-corrected chi connectivity index (χ1v) is 7.11. The molecule has 0 saturated carbocycles. The lowest BCUT2D eigenvalue weighted by Crippen LogP contribution is -2.04. The molecule has 2 N–H and O–H groups in total. The Bertz CT molecular complexity index is 700. The maximum absolute atomic E-state index is 5.62. The Hall–Kier alpha value is -1.95. The molecule has 0 aliphatic carbocycles. The quantitative estimate of drug-likeness (QED) is 0.792. The highest BCUT2D eigenvalue weighted by molar-refractivity contribution is 7.15. The average molecular weight is 273 g/mol. The van der Waals surface area contributed by atoms with Crippen molar-refractivity contribution in [2.45, 2.75) is 26.3 Å². The molecule has 5 nitrogen and oxygen atoms in total. The Balaban J connectivity index is 2.04. The van der Waals surface area contributed by atoms with Crippen molar-refractivity contribution in [1.82, 2.24) is 19.7 Å². The number of hydrogen-bond acceptors (Lipinski definition) is 5. The molecular weight excluding hydrogens is 258 g/mol. The van der Waals surface area contributed by atoms with Gasteiger partial charge >= 0.3 is 0 Å². The van der Waals surface area contributed by atoms with Gasteiger partial charge in [-0.15, -0.1) is 10.2 Å². The van der Waals surface area contributed by atoms with Crippen molar-refractivity contribution in [3.8, 4) is 0 Å². The van der Waals surface area contributed by atoms with E-state index in [4.69, 9.17) is 10.7 Å². The Labute approximate surface area is 115 Å². The van der Waals surface area contributed by atoms with Gasteiger partial charge < -0.3 is 10.3 Å². The summed E-state index contributed by atoms with van der Waals surface area (Å²) in [4.78, 5) is 4.70. The highest BCUT2D eigenvalue weighted by atomic mass is 32.1. The zero-order valence-electron chi connectivity index (χ0n) is 10.7. The molecule has 0 radical (unpaired) electrons. The number of aromatic nitrogens is 4. The van der Waals surface area contributed by atoms with E-state index >= 15 is 0 Å². The molecule has 0 unspecified atom stereocenters. The van der Waals surface area contributed by atoms with Crippen molar-refractivity contribution in [2.75, 3.05) is 5.73 Å². The summed E-state index contributed by atoms with van der Waals surface area (Å²) in [5.41, 5.74) is 7.83. The molecule has 0 aliphatic heterocycles. The number of para-hydroxylation sites is 2. The van der Waals surface area contributed by atoms with Gasteiger partial charge in [0, 0.05) is 6.54 Å². The molecule has 6 heteroatoms. The van der Waals surface area contributed by atoms with Crippen molar-refractivity contribution >= 4 is 27.5 Å². The highest BCUT2D eigenvalue weighted by Gasteiger charge is 2.12. The summed E-state index contributed by atoms with van der Waals surface area (Å²) in [7, 11) is 0. The lowest BCUT2D eigenvalue weighted by atomic mass is 10.3. The fourth-order valence-electron chi connectivity index (χ4n) is 2.21. The van der Waals surface area contributed by atoms with E-state index in [9.17, 15) is 0 Å². The number of hydrogen-bond donors (Lipinski definition) is 1. The first kappa shape index (κ1) is 12.1. The number of nitrogens with two attached hydrogens (primary N) is 1. The van der Waals surface area contributed by atoms with E-state index in [0.717, 1.165) is 29.3 Å². The Kier molecular flexibility index (Phi) is 3.16. The van der Waals surface area contributed by atoms with Crippen LogP contribution in [0.2, 0.25) is 0 Å². The second-order valence-corrected chi connectivity index (χ2v) is 5.47. The minimum Gasteiger partial charge on any atom is -0.374 e. The van der Waals surface area contributed by atoms with Crippen LogP contribution in [0.5, 0.6) is 0 Å². The molecule has 1 aromatic carbocycles. The van der Waals surface area contributed by atoms with Crippen molar-refractivity contribution in [3.05, 3.63) is 35.1 Å². The number of imidazole rings is 1. The van der Waals surface area contributed by atoms with Crippen LogP contribution in [0.15, 0.2) is 24.3 Å². The molecule has 0 bridgehead atoms. The van der Waals surface area contributed by atoms with Gasteiger partial charge in [-0.2, -0.15) is 0 Å². The van der Waals surface area contributed by atoms with Crippen LogP contribution in [0.3, 0.4) is 0 Å². The van der Waals surface area contributed by atoms with Gasteiger partial charge in [-0.05, 0) is 18.6 Å². The third kappa shape index (κ3) is 2.31. The lowest BCUT2D eigenvalue weighted by molar-refractivity contribution is 0.663. The van der Waals surface area contributed by atoms with E-state index in [-0.39, 0.29) is 0 Å². The summed E-state index contributed by atoms with van der Waals surface area (Å²) >= 11 is 1.42. The third-order valence-electron chi connectivity index (χ3n) is 2.97. The summed E-state index contributed by atoms with van der Waals surface area (Å²) in [6, 6.07) is 8.20. The van der Waals surface area contributed by atoms with Crippen LogP contribution in [0.4, 0.5) is 5.13 Å². The van der Waals surface area contributed by atoms with Crippen LogP contribution in [-0.2, 0) is 13.0 Å². The van der Waals surface area contributed by atoms with Gasteiger partial charge in [-0.3, -0.25) is 0 Å². The van der Waals surface area contributed by atoms with Crippen LogP contribution in [-0.4, -0.2) is 19.7 Å². The summed E-state index contributed by atoms with van der Waals surface area (Å²) < 4.78 is 2.26. The maximum atomic E-state index is 5.62. The van der Waals surface area contributed by atoms with Crippen LogP contribution in [0.1, 0.15) is 24.2 Å². The Morgan fingerprint density at radius 1 is 1.26 bits per heavy atom. The zero-order valence-corrected chi connectivity index (χ0v) is 11.5. The molecule has 0 spiro atoms. The molecule has 0 atom stereocenters. The van der Waals surface area contributed by atoms with Gasteiger partial charge in [-0.25, -0.2) is 4.98 Å². The fraction of sp³-hybridized carbons (Fsp3) is 0.308. The third-order valence-corrected chi connectivity index (χ3v) is 3.73. The SMILES string of the molecule is CCCn1c(Cc2nnc(N)s2)nc2ccccc21. The van der Waals surface area contributed by atoms with Crippen LogP contribution in [0.25, 0.3) is 11.0 Å². The minimum absolute atomic E-state index is 0.508. The first-order valence-electron chi connectivity index (χ1n) is 6.30. The molecular formula is C13H15N5S. The van der Waals surface area contributed by atoms with Gasteiger partial charge in [0.05, 0.1) is 17.5 Å². The van der Waals surface area contributed by atoms with Gasteiger partial charge in [0.25, 0.3) is 0 Å². The van der Waals surface area contributed by atoms with Gasteiger partial charge in [0.1, 0.15) is 10.8 Å². The molecule has 2 aromatic heterocycles. The highest BCUT2D eigenvalue weighted by Crippen LogP contribution is 2.20. The molecule has 19 heavy (non-hydrogen) atoms. The number of rotatable bonds is 4. The number of benzene rings is 1. The minimum atomic E-state index is 0.508. The predicted molar refractivity (Wildman–Crippen MR) is 77.2 cm³/mol. The fourth-order valence-corrected chi connectivity index (χ4v) is 2.81. The average Bonchev–Trinajstić information content (AvgIpc) is 2.96. The van der Waals surface area contributed by atoms with E-state index in [1.165, 1.54) is 16.9 Å². The van der Waals surface area contributed by atoms with Crippen LogP contribution < -0.4 is 5.73 Å². The number of anilines is 1. The van der Waals surface area contributed by atoms with Crippen molar-refractivity contribution < 1.29 is 0 Å². The standard InChI is InChI=1S/C13H15N5S/c1-2-7-18-10-6-4-3-5-9(10)15-11(18)8-12-16-17-13(14)19-12/h3-6H,2,7-8H2,1H3,(H2,14,17). The molecule has 0 fully saturated rings. The number of nitrogens with zero attached hydrogens (tertiary/aromatic N) is 4. The van der Waals surface area contributed by atoms with Gasteiger partial charge in [-0.1, -0.05) is 30.4 Å². The Morgan fingerprint density at radius 3 is 2.84 bits per heavy atom. The van der Waals surface area contributed by atoms with Crippen molar-refractivity contribution in [3.63, 3.8) is 0 Å². The molecule has 98 valence electrons. The number of fused-ring (bicyclic) bond motifs is 1. The molecule has 3 aromatic rings. The summed E-state index contributed by atoms with van der Waals surface area (Å²) in [6.07, 6.45) is 1.76. The van der Waals surface area contributed by atoms with Crippen LogP contribution >= 0.6 is 11.3 Å². The molecule has 0 saturated heterocycles. The van der Waals surface area contributed by atoms with Gasteiger partial charge in [0.15, 0.2) is 0 Å². The normalized spacial score (nSPS) is 11.2. The van der Waals surface area contributed by atoms with Gasteiger partial charge in [0.2, 0.25) is 5.13 Å². The summed E-state index contributed by atoms with van der Waals surface area (Å²) in [5, 5.41) is 9.34. The van der Waals surface area contributed by atoms with E-state index in [1.54, 1.807) is 0 Å². The second kappa shape index (κ2) is 4.97. The molecule has 0 aliphatic rings. The number of nitrogen functional groups attached to an aromatic ring is 1. The molecule has 0 amide bonds. The first-order chi connectivity index (χ1) is 9.28. The lowest BCUT2D eigenvalue weighted by Gasteiger charge is -2.05. The van der Waals surface area contributed by atoms with Crippen molar-refractivity contribution in [2.24, 2.45) is 0 Å². The summed E-state index contributed by atoms with van der Waals surface area (Å²) in [6.45, 7) is 3.13. The maximum Gasteiger partial charge on any atom is 0.203 e. The summed E-state index contributed by atoms with van der Waals surface area (Å²) in [5.74, 6) is 1.03. The smallest absolute Gasteiger partial charge is 0.203 e. The zero-order chi connectivity index (χ0) is 13.2.